The van der Waals surface area contributed by atoms with Crippen LogP contribution in [0.25, 0.3) is 0 Å². The van der Waals surface area contributed by atoms with E-state index in [9.17, 15) is 9.59 Å². The first-order chi connectivity index (χ1) is 8.15. The van der Waals surface area contributed by atoms with Crippen molar-refractivity contribution in [2.45, 2.75) is 38.6 Å². The number of thioether (sulfide) groups is 1. The number of unbranched alkanes of at least 4 members (excludes halogenated alkanes) is 2. The van der Waals surface area contributed by atoms with E-state index < -0.39 is 0 Å². The maximum atomic E-state index is 11.9. The minimum absolute atomic E-state index is 0.0178. The van der Waals surface area contributed by atoms with Crippen molar-refractivity contribution in [3.8, 4) is 0 Å². The number of nitrogens with one attached hydrogen (secondary N) is 1. The van der Waals surface area contributed by atoms with Crippen molar-refractivity contribution < 1.29 is 9.59 Å². The first-order valence-electron chi connectivity index (χ1n) is 6.22. The summed E-state index contributed by atoms with van der Waals surface area (Å²) in [6.45, 7) is 3.11. The number of nitrogens with zero attached hydrogens (tertiary/aromatic N) is 1. The van der Waals surface area contributed by atoms with E-state index in [-0.39, 0.29) is 17.9 Å². The third-order valence-electron chi connectivity index (χ3n) is 2.94. The Morgan fingerprint density at radius 3 is 2.82 bits per heavy atom. The lowest BCUT2D eigenvalue weighted by atomic mass is 10.2. The van der Waals surface area contributed by atoms with Crippen LogP contribution in [0.2, 0.25) is 0 Å². The fraction of sp³-hybridized carbons (Fsp3) is 0.833. The molecule has 0 radical (unpaired) electrons. The maximum Gasteiger partial charge on any atom is 0.244 e. The summed E-state index contributed by atoms with van der Waals surface area (Å²) in [6, 6.07) is -0.365. The molecule has 1 atom stereocenters. The molecule has 0 aromatic rings. The predicted molar refractivity (Wildman–Crippen MR) is 71.0 cm³/mol. The molecule has 17 heavy (non-hydrogen) atoms. The van der Waals surface area contributed by atoms with Crippen LogP contribution in [0.15, 0.2) is 0 Å². The molecule has 1 rings (SSSR count). The van der Waals surface area contributed by atoms with Gasteiger partial charge in [-0.05, 0) is 31.8 Å². The highest BCUT2D eigenvalue weighted by Gasteiger charge is 2.25. The Morgan fingerprint density at radius 1 is 1.35 bits per heavy atom. The van der Waals surface area contributed by atoms with Gasteiger partial charge in [0.25, 0.3) is 0 Å². The molecule has 0 spiro atoms. The van der Waals surface area contributed by atoms with Crippen molar-refractivity contribution in [3.05, 3.63) is 0 Å². The van der Waals surface area contributed by atoms with Crippen molar-refractivity contribution in [1.29, 1.82) is 0 Å². The van der Waals surface area contributed by atoms with E-state index in [0.717, 1.165) is 19.4 Å². The molecule has 98 valence electrons. The quantitative estimate of drug-likeness (QED) is 0.730. The smallest absolute Gasteiger partial charge is 0.244 e. The van der Waals surface area contributed by atoms with Gasteiger partial charge in [-0.2, -0.15) is 11.8 Å². The molecule has 0 saturated carbocycles. The second-order valence-corrected chi connectivity index (χ2v) is 5.40. The first kappa shape index (κ1) is 14.4. The fourth-order valence-electron chi connectivity index (χ4n) is 1.94. The highest BCUT2D eigenvalue weighted by Crippen LogP contribution is 2.07. The molecule has 5 heteroatoms. The monoisotopic (exact) mass is 258 g/mol. The topological polar surface area (TPSA) is 49.4 Å². The second kappa shape index (κ2) is 7.58. The van der Waals surface area contributed by atoms with Gasteiger partial charge in [0.1, 0.15) is 6.04 Å². The molecule has 1 aliphatic heterocycles. The number of carbonyl (C=O) groups excluding carboxylic acids is 2. The van der Waals surface area contributed by atoms with Crippen LogP contribution >= 0.6 is 11.8 Å². The molecule has 1 fully saturated rings. The van der Waals surface area contributed by atoms with E-state index in [2.05, 4.69) is 11.6 Å². The lowest BCUT2D eigenvalue weighted by Gasteiger charge is -2.22. The molecule has 1 heterocycles. The molecular formula is C12H22N2O2S. The number of rotatable bonds is 6. The Kier molecular flexibility index (Phi) is 6.40. The van der Waals surface area contributed by atoms with Gasteiger partial charge >= 0.3 is 0 Å². The van der Waals surface area contributed by atoms with Crippen molar-refractivity contribution in [3.63, 3.8) is 0 Å². The van der Waals surface area contributed by atoms with Gasteiger partial charge in [0.2, 0.25) is 11.8 Å². The highest BCUT2D eigenvalue weighted by molar-refractivity contribution is 7.98. The SMILES string of the molecule is CSCCCCCN1CCC(=O)NC(C)C1=O. The van der Waals surface area contributed by atoms with Crippen LogP contribution in [0, 0.1) is 0 Å². The molecule has 0 aromatic carbocycles. The van der Waals surface area contributed by atoms with Crippen LogP contribution in [0.5, 0.6) is 0 Å². The van der Waals surface area contributed by atoms with E-state index in [1.165, 1.54) is 12.2 Å². The van der Waals surface area contributed by atoms with E-state index in [1.54, 1.807) is 6.92 Å². The average molecular weight is 258 g/mol. The molecular weight excluding hydrogens is 236 g/mol. The van der Waals surface area contributed by atoms with Gasteiger partial charge in [-0.25, -0.2) is 0 Å². The van der Waals surface area contributed by atoms with Crippen LogP contribution in [-0.2, 0) is 9.59 Å². The van der Waals surface area contributed by atoms with E-state index in [4.69, 9.17) is 0 Å². The lowest BCUT2D eigenvalue weighted by molar-refractivity contribution is -0.133. The van der Waals surface area contributed by atoms with Crippen LogP contribution in [0.4, 0.5) is 0 Å². The average Bonchev–Trinajstić information content (AvgIpc) is 2.42. The van der Waals surface area contributed by atoms with Crippen LogP contribution in [0.1, 0.15) is 32.6 Å². The highest BCUT2D eigenvalue weighted by atomic mass is 32.2. The van der Waals surface area contributed by atoms with Crippen LogP contribution < -0.4 is 5.32 Å². The summed E-state index contributed by atoms with van der Waals surface area (Å²) in [7, 11) is 0. The first-order valence-corrected chi connectivity index (χ1v) is 7.61. The summed E-state index contributed by atoms with van der Waals surface area (Å²) < 4.78 is 0. The summed E-state index contributed by atoms with van der Waals surface area (Å²) in [6.07, 6.45) is 5.93. The number of hydrogen-bond acceptors (Lipinski definition) is 3. The van der Waals surface area contributed by atoms with E-state index in [1.807, 2.05) is 16.7 Å². The third kappa shape index (κ3) is 4.98. The van der Waals surface area contributed by atoms with Crippen LogP contribution in [0.3, 0.4) is 0 Å². The molecule has 1 N–H and O–H groups in total. The largest absolute Gasteiger partial charge is 0.345 e. The molecule has 2 amide bonds. The standard InChI is InChI=1S/C12H22N2O2S/c1-10-12(16)14(8-6-11(15)13-10)7-4-3-5-9-17-2/h10H,3-9H2,1-2H3,(H,13,15). The van der Waals surface area contributed by atoms with Gasteiger partial charge < -0.3 is 10.2 Å². The van der Waals surface area contributed by atoms with Gasteiger partial charge in [-0.3, -0.25) is 9.59 Å². The zero-order valence-electron chi connectivity index (χ0n) is 10.7. The normalized spacial score (nSPS) is 21.3. The van der Waals surface area contributed by atoms with Crippen molar-refractivity contribution >= 4 is 23.6 Å². The van der Waals surface area contributed by atoms with Crippen molar-refractivity contribution in [2.75, 3.05) is 25.1 Å². The van der Waals surface area contributed by atoms with E-state index >= 15 is 0 Å². The summed E-state index contributed by atoms with van der Waals surface area (Å²) in [4.78, 5) is 25.0. The molecule has 1 unspecified atom stereocenters. The van der Waals surface area contributed by atoms with Gasteiger partial charge in [-0.15, -0.1) is 0 Å². The maximum absolute atomic E-state index is 11.9. The van der Waals surface area contributed by atoms with Crippen LogP contribution in [-0.4, -0.2) is 47.9 Å². The minimum Gasteiger partial charge on any atom is -0.345 e. The Hall–Kier alpha value is -0.710. The number of carbonyl (C=O) groups is 2. The van der Waals surface area contributed by atoms with Crippen molar-refractivity contribution in [2.24, 2.45) is 0 Å². The van der Waals surface area contributed by atoms with Gasteiger partial charge in [-0.1, -0.05) is 6.42 Å². The summed E-state index contributed by atoms with van der Waals surface area (Å²) in [5.74, 6) is 1.22. The Bertz CT molecular complexity index is 271. The number of hydrogen-bond donors (Lipinski definition) is 1. The summed E-state index contributed by atoms with van der Waals surface area (Å²) in [5.41, 5.74) is 0. The molecule has 1 aliphatic rings. The van der Waals surface area contributed by atoms with Crippen molar-refractivity contribution in [1.82, 2.24) is 10.2 Å². The van der Waals surface area contributed by atoms with Gasteiger partial charge in [0, 0.05) is 19.5 Å². The molecule has 0 aromatic heterocycles. The molecule has 1 saturated heterocycles. The second-order valence-electron chi connectivity index (χ2n) is 4.42. The summed E-state index contributed by atoms with van der Waals surface area (Å²) in [5, 5.41) is 2.70. The minimum atomic E-state index is -0.365. The third-order valence-corrected chi connectivity index (χ3v) is 3.64. The molecule has 4 nitrogen and oxygen atoms in total. The lowest BCUT2D eigenvalue weighted by Crippen LogP contribution is -2.42. The Labute approximate surface area is 108 Å². The van der Waals surface area contributed by atoms with Gasteiger partial charge in [0.05, 0.1) is 0 Å². The van der Waals surface area contributed by atoms with Gasteiger partial charge in [0.15, 0.2) is 0 Å². The van der Waals surface area contributed by atoms with E-state index in [0.29, 0.717) is 13.0 Å². The summed E-state index contributed by atoms with van der Waals surface area (Å²) >= 11 is 1.86. The fourth-order valence-corrected chi connectivity index (χ4v) is 2.44. The number of amides is 2. The molecule has 0 aliphatic carbocycles. The zero-order chi connectivity index (χ0) is 12.7. The Balaban J connectivity index is 2.30. The zero-order valence-corrected chi connectivity index (χ0v) is 11.5. The predicted octanol–water partition coefficient (Wildman–Crippen LogP) is 1.26. The molecule has 0 bridgehead atoms. The Morgan fingerprint density at radius 2 is 2.12 bits per heavy atom.